The van der Waals surface area contributed by atoms with Crippen molar-refractivity contribution in [2.24, 2.45) is 0 Å². The molecule has 0 fully saturated rings. The largest absolute Gasteiger partial charge is 0.180 e. The molecule has 0 N–H and O–H groups in total. The van der Waals surface area contributed by atoms with Gasteiger partial charge >= 0.3 is 0 Å². The number of rotatable bonds is 1. The van der Waals surface area contributed by atoms with E-state index in [1.165, 1.54) is 5.56 Å². The molecule has 10 heavy (non-hydrogen) atoms. The molecular weight excluding hydrogens is 288 g/mol. The zero-order valence-corrected chi connectivity index (χ0v) is 11.4. The van der Waals surface area contributed by atoms with Gasteiger partial charge in [-0.05, 0) is 0 Å². The van der Waals surface area contributed by atoms with Crippen molar-refractivity contribution in [1.82, 2.24) is 0 Å². The van der Waals surface area contributed by atoms with Crippen LogP contribution >= 0.6 is 24.0 Å². The molecule has 2 heteroatoms. The van der Waals surface area contributed by atoms with Crippen LogP contribution in [-0.4, -0.2) is 0 Å². The molecule has 0 aromatic heterocycles. The van der Waals surface area contributed by atoms with Crippen molar-refractivity contribution < 1.29 is 19.5 Å². The smallest absolute Gasteiger partial charge is 0 e. The Hall–Kier alpha value is 0.573. The van der Waals surface area contributed by atoms with Gasteiger partial charge in [-0.2, -0.15) is 35.9 Å². The average molecular weight is 298 g/mol. The summed E-state index contributed by atoms with van der Waals surface area (Å²) >= 11 is 0. The molecule has 0 atom stereocenters. The van der Waals surface area contributed by atoms with Crippen molar-refractivity contribution in [3.63, 3.8) is 0 Å². The van der Waals surface area contributed by atoms with Crippen LogP contribution in [0.5, 0.6) is 0 Å². The summed E-state index contributed by atoms with van der Waals surface area (Å²) in [6.45, 7) is 2.13. The minimum Gasteiger partial charge on any atom is -0.180 e. The Balaban J connectivity index is 0. The standard InChI is InChI=1S/C8H9.HI.Zn/c1-2-8-6-4-3-5-7-8;;/h3-6H,2H2,1H3;1H;/q-1;;. The predicted octanol–water partition coefficient (Wildman–Crippen LogP) is 2.66. The fraction of sp³-hybridized carbons (Fsp3) is 0.250. The quantitative estimate of drug-likeness (QED) is 0.425. The topological polar surface area (TPSA) is 0 Å². The zero-order chi connectivity index (χ0) is 5.82. The fourth-order valence-electron chi connectivity index (χ4n) is 0.650. The summed E-state index contributed by atoms with van der Waals surface area (Å²) in [5.41, 5.74) is 1.28. The summed E-state index contributed by atoms with van der Waals surface area (Å²) in [4.78, 5) is 0. The van der Waals surface area contributed by atoms with E-state index in [2.05, 4.69) is 19.1 Å². The van der Waals surface area contributed by atoms with Gasteiger partial charge in [0, 0.05) is 19.5 Å². The first-order chi connectivity index (χ1) is 3.93. The van der Waals surface area contributed by atoms with E-state index in [-0.39, 0.29) is 43.5 Å². The third kappa shape index (κ3) is 4.40. The minimum absolute atomic E-state index is 0. The molecule has 1 rings (SSSR count). The summed E-state index contributed by atoms with van der Waals surface area (Å²) in [5, 5.41) is 0. The van der Waals surface area contributed by atoms with E-state index < -0.39 is 0 Å². The molecule has 0 saturated carbocycles. The van der Waals surface area contributed by atoms with Gasteiger partial charge in [-0.1, -0.05) is 13.3 Å². The third-order valence-corrected chi connectivity index (χ3v) is 1.15. The Labute approximate surface area is 92.2 Å². The van der Waals surface area contributed by atoms with Crippen LogP contribution in [0.2, 0.25) is 0 Å². The molecule has 0 aliphatic heterocycles. The number of aryl methyl sites for hydroxylation is 1. The van der Waals surface area contributed by atoms with E-state index >= 15 is 0 Å². The van der Waals surface area contributed by atoms with Crippen molar-refractivity contribution in [1.29, 1.82) is 0 Å². The Morgan fingerprint density at radius 3 is 2.40 bits per heavy atom. The van der Waals surface area contributed by atoms with Crippen LogP contribution in [0.15, 0.2) is 24.3 Å². The van der Waals surface area contributed by atoms with E-state index in [1.807, 2.05) is 18.2 Å². The minimum atomic E-state index is 0. The molecule has 0 unspecified atom stereocenters. The summed E-state index contributed by atoms with van der Waals surface area (Å²) in [6, 6.07) is 11.2. The van der Waals surface area contributed by atoms with Gasteiger partial charge in [-0.3, -0.25) is 0 Å². The Morgan fingerprint density at radius 1 is 1.40 bits per heavy atom. The van der Waals surface area contributed by atoms with Crippen LogP contribution in [0.1, 0.15) is 12.5 Å². The molecule has 0 nitrogen and oxygen atoms in total. The maximum absolute atomic E-state index is 3.12. The van der Waals surface area contributed by atoms with Crippen LogP contribution in [0.4, 0.5) is 0 Å². The Kier molecular flexibility index (Phi) is 10.1. The van der Waals surface area contributed by atoms with E-state index in [0.29, 0.717) is 0 Å². The SMILES string of the molecule is CCc1[c-]cccc1.I.[Zn]. The van der Waals surface area contributed by atoms with Gasteiger partial charge in [0.05, 0.1) is 0 Å². The van der Waals surface area contributed by atoms with Crippen LogP contribution in [0.3, 0.4) is 0 Å². The second-order valence-electron chi connectivity index (χ2n) is 1.74. The molecule has 0 aliphatic rings. The van der Waals surface area contributed by atoms with Gasteiger partial charge in [0.2, 0.25) is 0 Å². The van der Waals surface area contributed by atoms with Gasteiger partial charge in [0.25, 0.3) is 0 Å². The van der Waals surface area contributed by atoms with Crippen molar-refractivity contribution in [2.45, 2.75) is 13.3 Å². The molecule has 0 bridgehead atoms. The van der Waals surface area contributed by atoms with Crippen LogP contribution in [0.25, 0.3) is 0 Å². The van der Waals surface area contributed by atoms with E-state index in [1.54, 1.807) is 0 Å². The second-order valence-corrected chi connectivity index (χ2v) is 1.74. The van der Waals surface area contributed by atoms with Gasteiger partial charge in [-0.15, -0.1) is 24.0 Å². The third-order valence-electron chi connectivity index (χ3n) is 1.15. The summed E-state index contributed by atoms with van der Waals surface area (Å²) in [6.07, 6.45) is 1.08. The molecule has 1 aromatic rings. The molecule has 52 valence electrons. The van der Waals surface area contributed by atoms with Crippen molar-refractivity contribution in [3.05, 3.63) is 35.9 Å². The molecule has 0 amide bonds. The molecule has 0 aliphatic carbocycles. The molecule has 0 radical (unpaired) electrons. The summed E-state index contributed by atoms with van der Waals surface area (Å²) in [5.74, 6) is 0. The number of benzene rings is 1. The van der Waals surface area contributed by atoms with Gasteiger partial charge in [-0.25, -0.2) is 0 Å². The summed E-state index contributed by atoms with van der Waals surface area (Å²) in [7, 11) is 0. The average Bonchev–Trinajstić information content (AvgIpc) is 1.90. The van der Waals surface area contributed by atoms with Gasteiger partial charge < -0.3 is 0 Å². The fourth-order valence-corrected chi connectivity index (χ4v) is 0.650. The summed E-state index contributed by atoms with van der Waals surface area (Å²) < 4.78 is 0. The number of hydrogen-bond acceptors (Lipinski definition) is 0. The Morgan fingerprint density at radius 2 is 2.10 bits per heavy atom. The molecule has 0 heterocycles. The van der Waals surface area contributed by atoms with Gasteiger partial charge in [0.15, 0.2) is 0 Å². The monoisotopic (exact) mass is 297 g/mol. The van der Waals surface area contributed by atoms with Crippen LogP contribution in [-0.2, 0) is 25.9 Å². The van der Waals surface area contributed by atoms with Crippen LogP contribution in [0, 0.1) is 6.07 Å². The molecule has 0 saturated heterocycles. The number of hydrogen-bond donors (Lipinski definition) is 0. The second kappa shape index (κ2) is 7.68. The maximum atomic E-state index is 3.12. The predicted molar refractivity (Wildman–Crippen MR) is 50.1 cm³/mol. The number of halogens is 1. The van der Waals surface area contributed by atoms with Crippen molar-refractivity contribution >= 4 is 24.0 Å². The molecule has 1 aromatic carbocycles. The van der Waals surface area contributed by atoms with Crippen LogP contribution < -0.4 is 0 Å². The Bertz CT molecular complexity index is 151. The molecule has 0 spiro atoms. The van der Waals surface area contributed by atoms with Gasteiger partial charge in [0.1, 0.15) is 0 Å². The first-order valence-electron chi connectivity index (χ1n) is 2.89. The van der Waals surface area contributed by atoms with E-state index in [4.69, 9.17) is 0 Å². The maximum Gasteiger partial charge on any atom is 0 e. The normalized spacial score (nSPS) is 7.30. The first-order valence-corrected chi connectivity index (χ1v) is 2.89. The molecular formula is C8H10IZn-. The van der Waals surface area contributed by atoms with Crippen molar-refractivity contribution in [3.8, 4) is 0 Å². The first kappa shape index (κ1) is 13.2. The van der Waals surface area contributed by atoms with E-state index in [9.17, 15) is 0 Å². The zero-order valence-electron chi connectivity index (χ0n) is 6.13. The van der Waals surface area contributed by atoms with Crippen molar-refractivity contribution in [2.75, 3.05) is 0 Å². The van der Waals surface area contributed by atoms with E-state index in [0.717, 1.165) is 6.42 Å².